The molecule has 0 saturated heterocycles. The van der Waals surface area contributed by atoms with Crippen LogP contribution in [0.3, 0.4) is 0 Å². The average molecular weight is 341 g/mol. The number of carbonyl (C=O) groups is 1. The first kappa shape index (κ1) is 17.9. The first-order valence-corrected chi connectivity index (χ1v) is 8.20. The Morgan fingerprint density at radius 2 is 2.00 bits per heavy atom. The van der Waals surface area contributed by atoms with Gasteiger partial charge in [0, 0.05) is 18.6 Å². The highest BCUT2D eigenvalue weighted by atomic mass is 35.5. The summed E-state index contributed by atoms with van der Waals surface area (Å²) in [6, 6.07) is 6.35. The van der Waals surface area contributed by atoms with Crippen molar-refractivity contribution >= 4 is 17.7 Å². The highest BCUT2D eigenvalue weighted by molar-refractivity contribution is 6.32. The van der Waals surface area contributed by atoms with Gasteiger partial charge >= 0.3 is 6.09 Å². The molecule has 0 unspecified atom stereocenters. The van der Waals surface area contributed by atoms with E-state index >= 15 is 0 Å². The third-order valence-electron chi connectivity index (χ3n) is 3.67. The van der Waals surface area contributed by atoms with Crippen LogP contribution in [0.4, 0.5) is 4.79 Å². The van der Waals surface area contributed by atoms with E-state index in [1.54, 1.807) is 7.11 Å². The van der Waals surface area contributed by atoms with Gasteiger partial charge in [-0.25, -0.2) is 4.79 Å². The van der Waals surface area contributed by atoms with E-state index in [-0.39, 0.29) is 12.1 Å². The third-order valence-corrected chi connectivity index (χ3v) is 3.97. The molecule has 0 heterocycles. The SMILES string of the molecule is COc1ccc(CNC2CC(NC(=O)OC(C)(C)C)C2)cc1Cl. The number of benzene rings is 1. The van der Waals surface area contributed by atoms with Crippen LogP contribution in [0.15, 0.2) is 18.2 Å². The number of methoxy groups -OCH3 is 1. The van der Waals surface area contributed by atoms with E-state index in [2.05, 4.69) is 10.6 Å². The second-order valence-electron chi connectivity index (χ2n) is 6.86. The monoisotopic (exact) mass is 340 g/mol. The second kappa shape index (κ2) is 7.41. The molecule has 1 saturated carbocycles. The van der Waals surface area contributed by atoms with Gasteiger partial charge in [0.25, 0.3) is 0 Å². The fourth-order valence-electron chi connectivity index (χ4n) is 2.46. The van der Waals surface area contributed by atoms with Gasteiger partial charge in [-0.05, 0) is 51.3 Å². The van der Waals surface area contributed by atoms with Crippen LogP contribution in [0.1, 0.15) is 39.2 Å². The molecule has 0 bridgehead atoms. The minimum atomic E-state index is -0.459. The van der Waals surface area contributed by atoms with Gasteiger partial charge in [0.2, 0.25) is 0 Å². The van der Waals surface area contributed by atoms with E-state index in [9.17, 15) is 4.79 Å². The summed E-state index contributed by atoms with van der Waals surface area (Å²) in [7, 11) is 1.60. The van der Waals surface area contributed by atoms with E-state index in [0.717, 1.165) is 24.9 Å². The molecule has 128 valence electrons. The summed E-state index contributed by atoms with van der Waals surface area (Å²) in [4.78, 5) is 11.7. The Balaban J connectivity index is 1.68. The number of rotatable bonds is 5. The van der Waals surface area contributed by atoms with Crippen LogP contribution in [0, 0.1) is 0 Å². The number of ether oxygens (including phenoxy) is 2. The fourth-order valence-corrected chi connectivity index (χ4v) is 2.74. The lowest BCUT2D eigenvalue weighted by molar-refractivity contribution is 0.0465. The number of hydrogen-bond acceptors (Lipinski definition) is 4. The molecule has 1 fully saturated rings. The maximum atomic E-state index is 11.7. The van der Waals surface area contributed by atoms with Crippen LogP contribution in [-0.2, 0) is 11.3 Å². The molecule has 5 nitrogen and oxygen atoms in total. The smallest absolute Gasteiger partial charge is 0.407 e. The Morgan fingerprint density at radius 3 is 2.57 bits per heavy atom. The normalized spacial score (nSPS) is 20.6. The average Bonchev–Trinajstić information content (AvgIpc) is 2.39. The Morgan fingerprint density at radius 1 is 1.30 bits per heavy atom. The van der Waals surface area contributed by atoms with Crippen LogP contribution in [0.25, 0.3) is 0 Å². The van der Waals surface area contributed by atoms with Crippen molar-refractivity contribution in [1.29, 1.82) is 0 Å². The predicted molar refractivity (Wildman–Crippen MR) is 91.0 cm³/mol. The van der Waals surface area contributed by atoms with E-state index in [0.29, 0.717) is 16.8 Å². The zero-order valence-electron chi connectivity index (χ0n) is 14.1. The quantitative estimate of drug-likeness (QED) is 0.861. The predicted octanol–water partition coefficient (Wildman–Crippen LogP) is 3.49. The molecular weight excluding hydrogens is 316 g/mol. The largest absolute Gasteiger partial charge is 0.495 e. The van der Waals surface area contributed by atoms with Gasteiger partial charge in [-0.3, -0.25) is 0 Å². The standard InChI is InChI=1S/C17H25ClN2O3/c1-17(2,3)23-16(21)20-13-8-12(9-13)19-10-11-5-6-15(22-4)14(18)7-11/h5-7,12-13,19H,8-10H2,1-4H3,(H,20,21). The first-order valence-electron chi connectivity index (χ1n) is 7.82. The lowest BCUT2D eigenvalue weighted by Gasteiger charge is -2.36. The number of amides is 1. The minimum absolute atomic E-state index is 0.182. The van der Waals surface area contributed by atoms with Crippen LogP contribution in [-0.4, -0.2) is 30.9 Å². The first-order chi connectivity index (χ1) is 10.8. The fraction of sp³-hybridized carbons (Fsp3) is 0.588. The maximum absolute atomic E-state index is 11.7. The molecule has 0 radical (unpaired) electrons. The molecule has 1 amide bonds. The van der Waals surface area contributed by atoms with Gasteiger partial charge in [-0.1, -0.05) is 17.7 Å². The van der Waals surface area contributed by atoms with Crippen molar-refractivity contribution in [3.63, 3.8) is 0 Å². The van der Waals surface area contributed by atoms with E-state index in [1.807, 2.05) is 39.0 Å². The molecule has 0 spiro atoms. The summed E-state index contributed by atoms with van der Waals surface area (Å²) in [6.07, 6.45) is 1.47. The van der Waals surface area contributed by atoms with Gasteiger partial charge in [0.05, 0.1) is 12.1 Å². The molecular formula is C17H25ClN2O3. The number of hydrogen-bond donors (Lipinski definition) is 2. The van der Waals surface area contributed by atoms with Crippen molar-refractivity contribution in [1.82, 2.24) is 10.6 Å². The van der Waals surface area contributed by atoms with Gasteiger partial charge in [0.1, 0.15) is 11.4 Å². The lowest BCUT2D eigenvalue weighted by Crippen LogP contribution is -2.52. The second-order valence-corrected chi connectivity index (χ2v) is 7.27. The third kappa shape index (κ3) is 5.59. The number of carbonyl (C=O) groups excluding carboxylic acids is 1. The topological polar surface area (TPSA) is 59.6 Å². The summed E-state index contributed by atoms with van der Waals surface area (Å²) >= 11 is 6.11. The van der Waals surface area contributed by atoms with Crippen LogP contribution < -0.4 is 15.4 Å². The molecule has 0 aliphatic heterocycles. The Kier molecular flexibility index (Phi) is 5.76. The lowest BCUT2D eigenvalue weighted by atomic mass is 9.87. The summed E-state index contributed by atoms with van der Waals surface area (Å²) in [6.45, 7) is 6.32. The van der Waals surface area contributed by atoms with Crippen molar-refractivity contribution in [2.75, 3.05) is 7.11 Å². The number of nitrogens with one attached hydrogen (secondary N) is 2. The minimum Gasteiger partial charge on any atom is -0.495 e. The zero-order valence-corrected chi connectivity index (χ0v) is 14.9. The highest BCUT2D eigenvalue weighted by Crippen LogP contribution is 2.26. The van der Waals surface area contributed by atoms with E-state index < -0.39 is 5.60 Å². The van der Waals surface area contributed by atoms with Crippen molar-refractivity contribution in [2.24, 2.45) is 0 Å². The summed E-state index contributed by atoms with van der Waals surface area (Å²) in [5, 5.41) is 6.96. The van der Waals surface area contributed by atoms with Crippen molar-refractivity contribution in [3.8, 4) is 5.75 Å². The molecule has 1 aliphatic rings. The number of alkyl carbamates (subject to hydrolysis) is 1. The molecule has 0 aromatic heterocycles. The van der Waals surface area contributed by atoms with E-state index in [1.165, 1.54) is 0 Å². The van der Waals surface area contributed by atoms with Gasteiger partial charge in [-0.15, -0.1) is 0 Å². The zero-order chi connectivity index (χ0) is 17.0. The van der Waals surface area contributed by atoms with Gasteiger partial charge in [0.15, 0.2) is 0 Å². The van der Waals surface area contributed by atoms with Crippen molar-refractivity contribution in [2.45, 2.75) is 57.8 Å². The molecule has 1 aromatic carbocycles. The summed E-state index contributed by atoms with van der Waals surface area (Å²) in [5.41, 5.74) is 0.651. The Hall–Kier alpha value is -1.46. The summed E-state index contributed by atoms with van der Waals surface area (Å²) in [5.74, 6) is 0.681. The molecule has 6 heteroatoms. The molecule has 0 atom stereocenters. The molecule has 1 aromatic rings. The van der Waals surface area contributed by atoms with Gasteiger partial charge < -0.3 is 20.1 Å². The van der Waals surface area contributed by atoms with Crippen LogP contribution in [0.5, 0.6) is 5.75 Å². The molecule has 1 aliphatic carbocycles. The number of halogens is 1. The van der Waals surface area contributed by atoms with Crippen LogP contribution >= 0.6 is 11.6 Å². The molecule has 2 N–H and O–H groups in total. The van der Waals surface area contributed by atoms with Crippen molar-refractivity contribution in [3.05, 3.63) is 28.8 Å². The molecule has 2 rings (SSSR count). The Bertz CT molecular complexity index is 551. The molecule has 23 heavy (non-hydrogen) atoms. The highest BCUT2D eigenvalue weighted by Gasteiger charge is 2.31. The van der Waals surface area contributed by atoms with Gasteiger partial charge in [-0.2, -0.15) is 0 Å². The van der Waals surface area contributed by atoms with E-state index in [4.69, 9.17) is 21.1 Å². The Labute approximate surface area is 142 Å². The summed E-state index contributed by atoms with van der Waals surface area (Å²) < 4.78 is 10.4. The maximum Gasteiger partial charge on any atom is 0.407 e. The van der Waals surface area contributed by atoms with Crippen molar-refractivity contribution < 1.29 is 14.3 Å². The van der Waals surface area contributed by atoms with Crippen LogP contribution in [0.2, 0.25) is 5.02 Å².